The van der Waals surface area contributed by atoms with Crippen LogP contribution in [-0.4, -0.2) is 30.1 Å². The lowest BCUT2D eigenvalue weighted by atomic mass is 10.1. The van der Waals surface area contributed by atoms with Gasteiger partial charge >= 0.3 is 0 Å². The van der Waals surface area contributed by atoms with Gasteiger partial charge in [0.1, 0.15) is 6.54 Å². The maximum Gasteiger partial charge on any atom is 0.267 e. The fourth-order valence-electron chi connectivity index (χ4n) is 3.19. The molecule has 0 unspecified atom stereocenters. The van der Waals surface area contributed by atoms with Crippen LogP contribution in [0, 0.1) is 0 Å². The molecule has 4 aromatic heterocycles. The highest BCUT2D eigenvalue weighted by Crippen LogP contribution is 2.24. The van der Waals surface area contributed by atoms with Crippen LogP contribution >= 0.6 is 11.3 Å². The molecule has 4 heterocycles. The van der Waals surface area contributed by atoms with Crippen molar-refractivity contribution in [2.24, 2.45) is 0 Å². The van der Waals surface area contributed by atoms with Crippen LogP contribution < -0.4 is 10.9 Å². The summed E-state index contributed by atoms with van der Waals surface area (Å²) in [5.41, 5.74) is 3.32. The van der Waals surface area contributed by atoms with Crippen molar-refractivity contribution >= 4 is 27.9 Å². The van der Waals surface area contributed by atoms with Crippen LogP contribution in [0.5, 0.6) is 0 Å². The lowest BCUT2D eigenvalue weighted by Crippen LogP contribution is -2.29. The number of carbonyl (C=O) groups excluding carboxylic acids is 1. The molecule has 0 fully saturated rings. The van der Waals surface area contributed by atoms with Gasteiger partial charge in [0.15, 0.2) is 4.96 Å². The Kier molecular flexibility index (Phi) is 4.85. The summed E-state index contributed by atoms with van der Waals surface area (Å²) in [6.45, 7) is -0.197. The number of anilines is 1. The van der Waals surface area contributed by atoms with E-state index in [1.165, 1.54) is 6.07 Å². The van der Waals surface area contributed by atoms with Crippen molar-refractivity contribution in [3.05, 3.63) is 89.1 Å². The predicted octanol–water partition coefficient (Wildman–Crippen LogP) is 3.32. The number of aromatic nitrogens is 5. The Bertz CT molecular complexity index is 1410. The van der Waals surface area contributed by atoms with Crippen molar-refractivity contribution in [3.8, 4) is 22.5 Å². The first-order valence-corrected chi connectivity index (χ1v) is 10.3. The van der Waals surface area contributed by atoms with E-state index in [0.717, 1.165) is 26.5 Å². The standard InChI is InChI=1S/C22H16N6O2S/c29-20(14-28-21(30)7-6-18(26-28)16-4-2-8-23-12-16)24-17-5-1-3-15(11-17)19-13-27-9-10-31-22(27)25-19/h1-13H,14H2,(H,24,29). The first kappa shape index (κ1) is 18.9. The molecule has 0 saturated heterocycles. The highest BCUT2D eigenvalue weighted by molar-refractivity contribution is 7.15. The topological polar surface area (TPSA) is 94.2 Å². The van der Waals surface area contributed by atoms with Crippen molar-refractivity contribution in [1.82, 2.24) is 24.1 Å². The van der Waals surface area contributed by atoms with E-state index >= 15 is 0 Å². The minimum atomic E-state index is -0.352. The second-order valence-corrected chi connectivity index (χ2v) is 7.68. The van der Waals surface area contributed by atoms with Gasteiger partial charge in [-0.3, -0.25) is 19.0 Å². The fourth-order valence-corrected chi connectivity index (χ4v) is 3.89. The summed E-state index contributed by atoms with van der Waals surface area (Å²) >= 11 is 1.56. The zero-order valence-corrected chi connectivity index (χ0v) is 17.0. The maximum absolute atomic E-state index is 12.6. The first-order chi connectivity index (χ1) is 15.2. The van der Waals surface area contributed by atoms with Crippen molar-refractivity contribution in [2.45, 2.75) is 6.54 Å². The van der Waals surface area contributed by atoms with Crippen LogP contribution in [-0.2, 0) is 11.3 Å². The quantitative estimate of drug-likeness (QED) is 0.463. The van der Waals surface area contributed by atoms with Crippen molar-refractivity contribution in [1.29, 1.82) is 0 Å². The molecule has 5 aromatic rings. The van der Waals surface area contributed by atoms with Gasteiger partial charge in [0, 0.05) is 53.0 Å². The SMILES string of the molecule is O=C(Cn1nc(-c2cccnc2)ccc1=O)Nc1cccc(-c2cn3ccsc3n2)c1. The molecule has 0 aliphatic carbocycles. The molecule has 0 aliphatic rings. The molecule has 0 saturated carbocycles. The lowest BCUT2D eigenvalue weighted by Gasteiger charge is -2.09. The molecule has 0 radical (unpaired) electrons. The maximum atomic E-state index is 12.6. The summed E-state index contributed by atoms with van der Waals surface area (Å²) in [4.78, 5) is 34.3. The number of benzene rings is 1. The minimum Gasteiger partial charge on any atom is -0.324 e. The Morgan fingerprint density at radius 3 is 2.81 bits per heavy atom. The Morgan fingerprint density at radius 1 is 1.06 bits per heavy atom. The van der Waals surface area contributed by atoms with Gasteiger partial charge < -0.3 is 5.32 Å². The van der Waals surface area contributed by atoms with Crippen LogP contribution in [0.1, 0.15) is 0 Å². The normalized spacial score (nSPS) is 11.0. The minimum absolute atomic E-state index is 0.197. The summed E-state index contributed by atoms with van der Waals surface area (Å²) < 4.78 is 3.10. The highest BCUT2D eigenvalue weighted by Gasteiger charge is 2.10. The smallest absolute Gasteiger partial charge is 0.267 e. The number of fused-ring (bicyclic) bond motifs is 1. The molecule has 9 heteroatoms. The number of imidazole rings is 1. The second-order valence-electron chi connectivity index (χ2n) is 6.80. The van der Waals surface area contributed by atoms with Gasteiger partial charge in [-0.05, 0) is 30.3 Å². The Morgan fingerprint density at radius 2 is 1.97 bits per heavy atom. The zero-order chi connectivity index (χ0) is 21.2. The predicted molar refractivity (Wildman–Crippen MR) is 119 cm³/mol. The number of thiazole rings is 1. The van der Waals surface area contributed by atoms with Gasteiger partial charge in [-0.15, -0.1) is 11.3 Å². The van der Waals surface area contributed by atoms with Gasteiger partial charge in [-0.1, -0.05) is 12.1 Å². The van der Waals surface area contributed by atoms with Gasteiger partial charge in [-0.2, -0.15) is 5.10 Å². The van der Waals surface area contributed by atoms with E-state index in [-0.39, 0.29) is 18.0 Å². The van der Waals surface area contributed by atoms with E-state index in [4.69, 9.17) is 0 Å². The van der Waals surface area contributed by atoms with Gasteiger partial charge in [0.05, 0.1) is 11.4 Å². The molecule has 152 valence electrons. The molecular weight excluding hydrogens is 412 g/mol. The summed E-state index contributed by atoms with van der Waals surface area (Å²) in [5.74, 6) is -0.346. The number of nitrogens with one attached hydrogen (secondary N) is 1. The third kappa shape index (κ3) is 3.99. The van der Waals surface area contributed by atoms with Crippen molar-refractivity contribution in [2.75, 3.05) is 5.32 Å². The fraction of sp³-hybridized carbons (Fsp3) is 0.0455. The summed E-state index contributed by atoms with van der Waals surface area (Å²) in [5, 5.41) is 9.11. The highest BCUT2D eigenvalue weighted by atomic mass is 32.1. The number of hydrogen-bond donors (Lipinski definition) is 1. The Hall–Kier alpha value is -4.11. The summed E-state index contributed by atoms with van der Waals surface area (Å²) in [7, 11) is 0. The molecule has 0 atom stereocenters. The van der Waals surface area contributed by atoms with E-state index in [1.54, 1.807) is 41.9 Å². The van der Waals surface area contributed by atoms with E-state index < -0.39 is 0 Å². The molecule has 5 rings (SSSR count). The van der Waals surface area contributed by atoms with E-state index in [1.807, 2.05) is 46.4 Å². The average Bonchev–Trinajstić information content (AvgIpc) is 3.39. The average molecular weight is 428 g/mol. The molecule has 0 bridgehead atoms. The molecule has 1 aromatic carbocycles. The Balaban J connectivity index is 1.34. The molecule has 31 heavy (non-hydrogen) atoms. The van der Waals surface area contributed by atoms with Crippen LogP contribution in [0.15, 0.2) is 83.5 Å². The molecule has 8 nitrogen and oxygen atoms in total. The zero-order valence-electron chi connectivity index (χ0n) is 16.2. The molecule has 0 spiro atoms. The molecular formula is C22H16N6O2S. The third-order valence-corrected chi connectivity index (χ3v) is 5.42. The van der Waals surface area contributed by atoms with Crippen molar-refractivity contribution < 1.29 is 4.79 Å². The number of rotatable bonds is 5. The number of pyridine rings is 1. The summed E-state index contributed by atoms with van der Waals surface area (Å²) in [6.07, 6.45) is 7.21. The second kappa shape index (κ2) is 7.96. The van der Waals surface area contributed by atoms with Crippen LogP contribution in [0.25, 0.3) is 27.5 Å². The largest absolute Gasteiger partial charge is 0.324 e. The molecule has 0 aliphatic heterocycles. The van der Waals surface area contributed by atoms with Gasteiger partial charge in [0.2, 0.25) is 5.91 Å². The number of nitrogens with zero attached hydrogens (tertiary/aromatic N) is 5. The Labute approximate surface area is 180 Å². The number of hydrogen-bond acceptors (Lipinski definition) is 6. The summed E-state index contributed by atoms with van der Waals surface area (Å²) in [6, 6.07) is 14.1. The third-order valence-electron chi connectivity index (χ3n) is 4.65. The van der Waals surface area contributed by atoms with E-state index in [0.29, 0.717) is 11.4 Å². The van der Waals surface area contributed by atoms with E-state index in [9.17, 15) is 9.59 Å². The van der Waals surface area contributed by atoms with Crippen LogP contribution in [0.2, 0.25) is 0 Å². The van der Waals surface area contributed by atoms with Gasteiger partial charge in [0.25, 0.3) is 5.56 Å². The van der Waals surface area contributed by atoms with Crippen LogP contribution in [0.3, 0.4) is 0 Å². The van der Waals surface area contributed by atoms with Crippen LogP contribution in [0.4, 0.5) is 5.69 Å². The lowest BCUT2D eigenvalue weighted by molar-refractivity contribution is -0.117. The van der Waals surface area contributed by atoms with Crippen molar-refractivity contribution in [3.63, 3.8) is 0 Å². The van der Waals surface area contributed by atoms with E-state index in [2.05, 4.69) is 20.4 Å². The molecule has 1 N–H and O–H groups in total. The monoisotopic (exact) mass is 428 g/mol. The number of amides is 1. The molecule has 1 amide bonds. The first-order valence-electron chi connectivity index (χ1n) is 9.47. The number of carbonyl (C=O) groups is 1. The van der Waals surface area contributed by atoms with Gasteiger partial charge in [-0.25, -0.2) is 9.67 Å².